The molecule has 1 saturated heterocycles. The van der Waals surface area contributed by atoms with Crippen molar-refractivity contribution in [3.05, 3.63) is 45.9 Å². The number of unbranched alkanes of at least 4 members (excludes halogenated alkanes) is 1. The van der Waals surface area contributed by atoms with Crippen molar-refractivity contribution in [3.63, 3.8) is 0 Å². The highest BCUT2D eigenvalue weighted by Crippen LogP contribution is 2.33. The highest BCUT2D eigenvalue weighted by molar-refractivity contribution is 7.09. The number of likely N-dealkylation sites (tertiary alicyclic amines) is 1. The number of esters is 1. The summed E-state index contributed by atoms with van der Waals surface area (Å²) in [6, 6.07) is 4.08. The molecule has 19 nitrogen and oxygen atoms in total. The van der Waals surface area contributed by atoms with E-state index in [2.05, 4.69) is 44.0 Å². The van der Waals surface area contributed by atoms with Crippen molar-refractivity contribution < 1.29 is 57.8 Å². The molecule has 428 valence electrons. The Bertz CT molecular complexity index is 2440. The number of carbonyl (C=O) groups excluding carboxylic acids is 7. The number of terminal acetylenes is 1. The summed E-state index contributed by atoms with van der Waals surface area (Å²) in [4.78, 5) is 118. The number of rotatable bonds is 31. The molecule has 2 heterocycles. The molecule has 1 aliphatic heterocycles. The van der Waals surface area contributed by atoms with E-state index in [1.807, 2.05) is 39.6 Å². The average Bonchev–Trinajstić information content (AvgIpc) is 3.90. The molecule has 0 radical (unpaired) electrons. The van der Waals surface area contributed by atoms with E-state index in [0.717, 1.165) is 68.4 Å². The Labute approximate surface area is 464 Å². The zero-order valence-corrected chi connectivity index (χ0v) is 47.7. The smallest absolute Gasteiger partial charge is 0.309 e. The molecule has 5 N–H and O–H groups in total. The van der Waals surface area contributed by atoms with Crippen LogP contribution in [0.25, 0.3) is 0 Å². The van der Waals surface area contributed by atoms with Gasteiger partial charge in [-0.25, -0.2) is 10.0 Å². The maximum atomic E-state index is 14.8. The Hall–Kier alpha value is -6.19. The second-order valence-corrected chi connectivity index (χ2v) is 22.3. The average molecular weight is 1100 g/mol. The summed E-state index contributed by atoms with van der Waals surface area (Å²) >= 11 is 1.09. The molecule has 2 aliphatic rings. The normalized spacial score (nSPS) is 17.7. The molecule has 20 heteroatoms. The minimum absolute atomic E-state index is 0.000598. The first-order valence-electron chi connectivity index (χ1n) is 27.5. The largest absolute Gasteiger partial charge is 0.481 e. The molecule has 1 aromatic heterocycles. The van der Waals surface area contributed by atoms with Crippen molar-refractivity contribution in [1.29, 1.82) is 0 Å². The van der Waals surface area contributed by atoms with Crippen molar-refractivity contribution in [3.8, 4) is 24.2 Å². The molecule has 1 aliphatic carbocycles. The number of likely N-dealkylation sites (N-methyl/N-ethyl adjacent to an activating group) is 1. The van der Waals surface area contributed by atoms with E-state index in [4.69, 9.17) is 20.7 Å². The molecular formula is C58H83N7O12S. The van der Waals surface area contributed by atoms with Crippen LogP contribution in [-0.4, -0.2) is 131 Å². The van der Waals surface area contributed by atoms with Crippen LogP contribution in [0.5, 0.6) is 0 Å². The number of amides is 5. The van der Waals surface area contributed by atoms with Crippen molar-refractivity contribution in [2.24, 2.45) is 17.3 Å². The Morgan fingerprint density at radius 3 is 2.38 bits per heavy atom. The van der Waals surface area contributed by atoms with E-state index in [9.17, 15) is 43.5 Å². The van der Waals surface area contributed by atoms with E-state index in [-0.39, 0.29) is 98.2 Å². The fourth-order valence-electron chi connectivity index (χ4n) is 9.17. The predicted molar refractivity (Wildman–Crippen MR) is 296 cm³/mol. The number of hydrogen-bond donors (Lipinski definition) is 5. The van der Waals surface area contributed by atoms with Gasteiger partial charge in [0.2, 0.25) is 17.7 Å². The van der Waals surface area contributed by atoms with Gasteiger partial charge in [0, 0.05) is 56.1 Å². The first kappa shape index (κ1) is 64.3. The molecule has 4 rings (SSSR count). The van der Waals surface area contributed by atoms with Gasteiger partial charge < -0.3 is 35.8 Å². The monoisotopic (exact) mass is 1100 g/mol. The molecule has 2 aromatic rings. The summed E-state index contributed by atoms with van der Waals surface area (Å²) < 4.78 is 11.5. The van der Waals surface area contributed by atoms with E-state index < -0.39 is 65.2 Å². The number of hydrogen-bond acceptors (Lipinski definition) is 14. The van der Waals surface area contributed by atoms with Crippen LogP contribution in [-0.2, 0) is 54.3 Å². The summed E-state index contributed by atoms with van der Waals surface area (Å²) in [6.45, 7) is 12.5. The first-order valence-corrected chi connectivity index (χ1v) is 28.3. The third-order valence-electron chi connectivity index (χ3n) is 14.1. The van der Waals surface area contributed by atoms with Gasteiger partial charge in [-0.05, 0) is 108 Å². The molecule has 1 fully saturated rings. The number of ketones is 1. The number of thiazole rings is 1. The van der Waals surface area contributed by atoms with Crippen LogP contribution in [0, 0.1) is 41.4 Å². The standard InChI is InChI=1S/C58H83N7O12S/c1-10-12-20-31-76-65(56(72)52(39(5)11-2)63-54(71)47-23-18-19-30-64(47)9)48(38(3)4)33-49(77-40(6)66)55-62-46(37-78-55)53(70)61-43(34-58(7,8)57(73)74)32-41-24-26-42(27-25-41)60-50(68)29-28-44(67)35-59-51(69)36-75-45-21-16-14-13-15-17-22-45/h1,24-27,37-39,43,45,47-49,52H,11-16,18-21,23,28-36H2,2-9H3,(H,59,69)(H,60,68)(H,61,70)(H,63,71)(H,73,74)/t39-,43-,45?,47+,48+,49+,52-/m0/s1. The zero-order valence-electron chi connectivity index (χ0n) is 46.9. The summed E-state index contributed by atoms with van der Waals surface area (Å²) in [7, 11) is 1.91. The molecule has 1 unspecified atom stereocenters. The molecular weight excluding hydrogens is 1020 g/mol. The summed E-state index contributed by atoms with van der Waals surface area (Å²) in [5.74, 6) is 4.03. The lowest BCUT2D eigenvalue weighted by molar-refractivity contribution is -0.213. The van der Waals surface area contributed by atoms with Crippen LogP contribution < -0.4 is 21.3 Å². The number of benzene rings is 1. The second-order valence-electron chi connectivity index (χ2n) is 21.4. The Balaban J connectivity index is 1.45. The fourth-order valence-corrected chi connectivity index (χ4v) is 10.0. The SMILES string of the molecule is C#CCCCON(C(=O)[C@@H](NC(=O)[C@H]1CCCCN1C)[C@@H](C)CC)[C@H](C[C@@H](OC(C)=O)c1nc(C(=O)N[C@@H](Cc2ccc(NC(=O)CCC(=O)CNC(=O)COC3C#CCCCCC3)cc2)CC(C)(C)C(=O)O)cs1)C(C)C. The number of carboxylic acids is 1. The molecule has 78 heavy (non-hydrogen) atoms. The van der Waals surface area contributed by atoms with Gasteiger partial charge in [-0.1, -0.05) is 65.0 Å². The Kier molecular flexibility index (Phi) is 26.9. The number of Topliss-reactive ketones (excluding diaryl/α,β-unsaturated/α-hetero) is 1. The Morgan fingerprint density at radius 2 is 1.72 bits per heavy atom. The minimum Gasteiger partial charge on any atom is -0.481 e. The number of carbonyl (C=O) groups is 8. The van der Waals surface area contributed by atoms with E-state index in [1.165, 1.54) is 17.4 Å². The zero-order chi connectivity index (χ0) is 57.4. The van der Waals surface area contributed by atoms with E-state index in [1.54, 1.807) is 38.1 Å². The third kappa shape index (κ3) is 21.6. The molecule has 5 amide bonds. The number of piperidine rings is 1. The van der Waals surface area contributed by atoms with Gasteiger partial charge in [0.15, 0.2) is 11.9 Å². The highest BCUT2D eigenvalue weighted by Gasteiger charge is 2.40. The van der Waals surface area contributed by atoms with Gasteiger partial charge in [0.1, 0.15) is 29.5 Å². The van der Waals surface area contributed by atoms with Crippen molar-refractivity contribution in [2.45, 2.75) is 188 Å². The third-order valence-corrected chi connectivity index (χ3v) is 15.0. The van der Waals surface area contributed by atoms with Crippen molar-refractivity contribution in [1.82, 2.24) is 30.9 Å². The molecule has 7 atom stereocenters. The van der Waals surface area contributed by atoms with Crippen LogP contribution in [0.3, 0.4) is 0 Å². The van der Waals surface area contributed by atoms with Crippen molar-refractivity contribution >= 4 is 64.3 Å². The maximum absolute atomic E-state index is 14.8. The summed E-state index contributed by atoms with van der Waals surface area (Å²) in [5.41, 5.74) is -0.0740. The van der Waals surface area contributed by atoms with Crippen molar-refractivity contribution in [2.75, 3.05) is 38.7 Å². The molecule has 1 aromatic carbocycles. The number of aromatic nitrogens is 1. The topological polar surface area (TPSA) is 252 Å². The van der Waals surface area contributed by atoms with Crippen LogP contribution in [0.1, 0.15) is 172 Å². The number of nitrogens with one attached hydrogen (secondary N) is 4. The highest BCUT2D eigenvalue weighted by atomic mass is 32.1. The van der Waals surface area contributed by atoms with E-state index >= 15 is 0 Å². The fraction of sp³-hybridized carbons (Fsp3) is 0.638. The quantitative estimate of drug-likeness (QED) is 0.0222. The van der Waals surface area contributed by atoms with E-state index in [0.29, 0.717) is 31.4 Å². The van der Waals surface area contributed by atoms with Gasteiger partial charge in [0.25, 0.3) is 11.8 Å². The number of aliphatic carboxylic acids is 1. The lowest BCUT2D eigenvalue weighted by atomic mass is 9.84. The van der Waals surface area contributed by atoms with Gasteiger partial charge in [-0.3, -0.25) is 48.1 Å². The molecule has 0 saturated carbocycles. The van der Waals surface area contributed by atoms with Crippen LogP contribution >= 0.6 is 11.3 Å². The number of carboxylic acid groups (broad SMARTS) is 1. The van der Waals surface area contributed by atoms with Gasteiger partial charge in [-0.15, -0.1) is 29.6 Å². The number of anilines is 1. The first-order chi connectivity index (χ1) is 37.1. The Morgan fingerprint density at radius 1 is 0.987 bits per heavy atom. The number of hydroxylamine groups is 2. The summed E-state index contributed by atoms with van der Waals surface area (Å²) in [6.07, 6.45) is 12.9. The minimum atomic E-state index is -1.25. The summed E-state index contributed by atoms with van der Waals surface area (Å²) in [5, 5.41) is 24.5. The number of nitrogens with zero attached hydrogens (tertiary/aromatic N) is 3. The second kappa shape index (κ2) is 32.6. The van der Waals surface area contributed by atoms with Gasteiger partial charge >= 0.3 is 11.9 Å². The predicted octanol–water partition coefficient (Wildman–Crippen LogP) is 6.95. The lowest BCUT2D eigenvalue weighted by Crippen LogP contribution is -2.58. The molecule has 0 bridgehead atoms. The maximum Gasteiger partial charge on any atom is 0.309 e. The van der Waals surface area contributed by atoms with Crippen LogP contribution in [0.4, 0.5) is 5.69 Å². The number of ether oxygens (including phenoxy) is 2. The van der Waals surface area contributed by atoms with Gasteiger partial charge in [0.05, 0.1) is 30.7 Å². The van der Waals surface area contributed by atoms with Gasteiger partial charge in [-0.2, -0.15) is 0 Å². The lowest BCUT2D eigenvalue weighted by Gasteiger charge is -2.39. The van der Waals surface area contributed by atoms with Crippen LogP contribution in [0.15, 0.2) is 29.6 Å². The van der Waals surface area contributed by atoms with Crippen LogP contribution in [0.2, 0.25) is 0 Å². The molecule has 0 spiro atoms.